The third kappa shape index (κ3) is 2.31. The minimum Gasteiger partial charge on any atom is -0.493 e. The van der Waals surface area contributed by atoms with E-state index in [2.05, 4.69) is 66.5 Å². The molecule has 2 aromatic carbocycles. The molecule has 110 valence electrons. The fourth-order valence-corrected chi connectivity index (χ4v) is 3.26. The molecule has 1 aromatic heterocycles. The molecule has 0 bridgehead atoms. The number of aryl methyl sites for hydroxylation is 1. The van der Waals surface area contributed by atoms with Crippen molar-refractivity contribution in [2.24, 2.45) is 0 Å². The van der Waals surface area contributed by atoms with Gasteiger partial charge in [-0.15, -0.1) is 0 Å². The average Bonchev–Trinajstić information content (AvgIpc) is 3.18. The molecule has 1 aliphatic heterocycles. The molecule has 3 aromatic rings. The molecule has 0 aliphatic carbocycles. The molecule has 1 aliphatic rings. The monoisotopic (exact) mass is 289 g/mol. The summed E-state index contributed by atoms with van der Waals surface area (Å²) >= 11 is 0. The third-order valence-electron chi connectivity index (χ3n) is 4.30. The van der Waals surface area contributed by atoms with Gasteiger partial charge >= 0.3 is 0 Å². The quantitative estimate of drug-likeness (QED) is 0.753. The minimum atomic E-state index is 0.788. The van der Waals surface area contributed by atoms with Crippen molar-refractivity contribution in [2.45, 2.75) is 19.8 Å². The van der Waals surface area contributed by atoms with Gasteiger partial charge in [0.25, 0.3) is 0 Å². The second-order valence-corrected chi connectivity index (χ2v) is 5.89. The van der Waals surface area contributed by atoms with Crippen molar-refractivity contribution < 1.29 is 4.74 Å². The maximum atomic E-state index is 5.96. The predicted octanol–water partition coefficient (Wildman–Crippen LogP) is 4.52. The van der Waals surface area contributed by atoms with Gasteiger partial charge in [0.05, 0.1) is 6.61 Å². The van der Waals surface area contributed by atoms with E-state index in [9.17, 15) is 0 Å². The minimum absolute atomic E-state index is 0.788. The molecule has 2 heteroatoms. The molecular weight excluding hydrogens is 270 g/mol. The van der Waals surface area contributed by atoms with Gasteiger partial charge in [-0.05, 0) is 30.2 Å². The van der Waals surface area contributed by atoms with Crippen LogP contribution in [0.2, 0.25) is 0 Å². The van der Waals surface area contributed by atoms with Gasteiger partial charge in [-0.3, -0.25) is 0 Å². The fourth-order valence-electron chi connectivity index (χ4n) is 3.26. The van der Waals surface area contributed by atoms with E-state index >= 15 is 0 Å². The van der Waals surface area contributed by atoms with E-state index in [0.717, 1.165) is 25.2 Å². The van der Waals surface area contributed by atoms with Crippen LogP contribution in [0, 0.1) is 6.92 Å². The maximum absolute atomic E-state index is 5.96. The molecular formula is C20H19NO. The first-order valence-electron chi connectivity index (χ1n) is 7.79. The Balaban J connectivity index is 1.75. The number of aromatic nitrogens is 1. The molecule has 2 heterocycles. The Morgan fingerprint density at radius 3 is 2.64 bits per heavy atom. The highest BCUT2D eigenvalue weighted by Gasteiger charge is 2.21. The van der Waals surface area contributed by atoms with Gasteiger partial charge in [0.1, 0.15) is 5.75 Å². The van der Waals surface area contributed by atoms with E-state index in [4.69, 9.17) is 4.74 Å². The van der Waals surface area contributed by atoms with Crippen molar-refractivity contribution in [2.75, 3.05) is 6.61 Å². The molecule has 0 spiro atoms. The summed E-state index contributed by atoms with van der Waals surface area (Å²) in [4.78, 5) is 3.41. The van der Waals surface area contributed by atoms with Gasteiger partial charge in [-0.25, -0.2) is 0 Å². The number of rotatable bonds is 3. The van der Waals surface area contributed by atoms with E-state index < -0.39 is 0 Å². The van der Waals surface area contributed by atoms with Gasteiger partial charge in [0, 0.05) is 35.4 Å². The van der Waals surface area contributed by atoms with Crippen molar-refractivity contribution in [3.63, 3.8) is 0 Å². The summed E-state index contributed by atoms with van der Waals surface area (Å²) in [5.41, 5.74) is 7.64. The number of ether oxygens (including phenoxy) is 1. The molecule has 0 saturated heterocycles. The number of benzene rings is 2. The molecule has 0 fully saturated rings. The Morgan fingerprint density at radius 1 is 1.00 bits per heavy atom. The highest BCUT2D eigenvalue weighted by atomic mass is 16.5. The topological polar surface area (TPSA) is 25.0 Å². The van der Waals surface area contributed by atoms with Gasteiger partial charge in [-0.2, -0.15) is 0 Å². The standard InChI is InChI=1S/C20H19NO/c1-14-7-9-17(21-14)13-16-8-10-18(15-5-3-2-4-6-15)19-11-12-22-20(16)19/h2-10,21H,11-13H2,1H3. The first-order valence-corrected chi connectivity index (χ1v) is 7.79. The summed E-state index contributed by atoms with van der Waals surface area (Å²) in [7, 11) is 0. The lowest BCUT2D eigenvalue weighted by molar-refractivity contribution is 0.354. The van der Waals surface area contributed by atoms with Gasteiger partial charge in [-0.1, -0.05) is 42.5 Å². The lowest BCUT2D eigenvalue weighted by Crippen LogP contribution is -1.95. The number of hydrogen-bond donors (Lipinski definition) is 1. The van der Waals surface area contributed by atoms with Crippen LogP contribution in [0.25, 0.3) is 11.1 Å². The molecule has 4 rings (SSSR count). The van der Waals surface area contributed by atoms with E-state index in [0.29, 0.717) is 0 Å². The first-order chi connectivity index (χ1) is 10.8. The molecule has 0 saturated carbocycles. The zero-order valence-corrected chi connectivity index (χ0v) is 12.7. The van der Waals surface area contributed by atoms with E-state index in [1.165, 1.54) is 33.6 Å². The maximum Gasteiger partial charge on any atom is 0.126 e. The first kappa shape index (κ1) is 13.2. The van der Waals surface area contributed by atoms with Crippen molar-refractivity contribution in [3.05, 3.63) is 77.1 Å². The molecule has 0 amide bonds. The van der Waals surface area contributed by atoms with Gasteiger partial charge in [0.2, 0.25) is 0 Å². The second-order valence-electron chi connectivity index (χ2n) is 5.89. The highest BCUT2D eigenvalue weighted by molar-refractivity contribution is 5.72. The zero-order chi connectivity index (χ0) is 14.9. The molecule has 1 N–H and O–H groups in total. The number of hydrogen-bond acceptors (Lipinski definition) is 1. The van der Waals surface area contributed by atoms with Crippen LogP contribution >= 0.6 is 0 Å². The summed E-state index contributed by atoms with van der Waals surface area (Å²) in [5.74, 6) is 1.09. The Labute approximate surface area is 130 Å². The van der Waals surface area contributed by atoms with Crippen molar-refractivity contribution in [1.82, 2.24) is 4.98 Å². The molecule has 0 atom stereocenters. The normalized spacial score (nSPS) is 13.0. The summed E-state index contributed by atoms with van der Waals surface area (Å²) in [5, 5.41) is 0. The number of fused-ring (bicyclic) bond motifs is 1. The fraction of sp³-hybridized carbons (Fsp3) is 0.200. The van der Waals surface area contributed by atoms with Crippen molar-refractivity contribution >= 4 is 0 Å². The Bertz CT molecular complexity index is 802. The van der Waals surface area contributed by atoms with Crippen LogP contribution in [-0.4, -0.2) is 11.6 Å². The summed E-state index contributed by atoms with van der Waals surface area (Å²) < 4.78 is 5.96. The lowest BCUT2D eigenvalue weighted by Gasteiger charge is -2.12. The SMILES string of the molecule is Cc1ccc(Cc2ccc(-c3ccccc3)c3c2OCC3)[nH]1. The van der Waals surface area contributed by atoms with Crippen LogP contribution in [0.5, 0.6) is 5.75 Å². The number of aromatic amines is 1. The Kier molecular flexibility index (Phi) is 3.23. The molecule has 2 nitrogen and oxygen atoms in total. The van der Waals surface area contributed by atoms with Crippen LogP contribution in [-0.2, 0) is 12.8 Å². The van der Waals surface area contributed by atoms with Crippen molar-refractivity contribution in [3.8, 4) is 16.9 Å². The van der Waals surface area contributed by atoms with Gasteiger partial charge < -0.3 is 9.72 Å². The lowest BCUT2D eigenvalue weighted by atomic mass is 9.94. The average molecular weight is 289 g/mol. The second kappa shape index (κ2) is 5.38. The van der Waals surface area contributed by atoms with Crippen LogP contribution < -0.4 is 4.74 Å². The molecule has 0 unspecified atom stereocenters. The predicted molar refractivity (Wildman–Crippen MR) is 89.4 cm³/mol. The molecule has 22 heavy (non-hydrogen) atoms. The van der Waals surface area contributed by atoms with E-state index in [1.54, 1.807) is 0 Å². The molecule has 0 radical (unpaired) electrons. The summed E-state index contributed by atoms with van der Waals surface area (Å²) in [6.45, 7) is 2.87. The third-order valence-corrected chi connectivity index (χ3v) is 4.30. The Hall–Kier alpha value is -2.48. The van der Waals surface area contributed by atoms with Crippen LogP contribution in [0.4, 0.5) is 0 Å². The van der Waals surface area contributed by atoms with Crippen molar-refractivity contribution in [1.29, 1.82) is 0 Å². The van der Waals surface area contributed by atoms with E-state index in [-0.39, 0.29) is 0 Å². The highest BCUT2D eigenvalue weighted by Crippen LogP contribution is 2.38. The summed E-state index contributed by atoms with van der Waals surface area (Å²) in [6, 6.07) is 19.3. The number of H-pyrrole nitrogens is 1. The smallest absolute Gasteiger partial charge is 0.126 e. The summed E-state index contributed by atoms with van der Waals surface area (Å²) in [6.07, 6.45) is 1.89. The largest absolute Gasteiger partial charge is 0.493 e. The van der Waals surface area contributed by atoms with Crippen LogP contribution in [0.1, 0.15) is 22.5 Å². The van der Waals surface area contributed by atoms with Crippen LogP contribution in [0.15, 0.2) is 54.6 Å². The zero-order valence-electron chi connectivity index (χ0n) is 12.7. The van der Waals surface area contributed by atoms with E-state index in [1.807, 2.05) is 0 Å². The Morgan fingerprint density at radius 2 is 1.86 bits per heavy atom. The van der Waals surface area contributed by atoms with Gasteiger partial charge in [0.15, 0.2) is 0 Å². The number of nitrogens with one attached hydrogen (secondary N) is 1. The van der Waals surface area contributed by atoms with Crippen LogP contribution in [0.3, 0.4) is 0 Å².